The van der Waals surface area contributed by atoms with Gasteiger partial charge in [-0.05, 0) is 48.2 Å². The molecule has 5 nitrogen and oxygen atoms in total. The van der Waals surface area contributed by atoms with Gasteiger partial charge in [0.05, 0.1) is 35.1 Å². The van der Waals surface area contributed by atoms with E-state index in [9.17, 15) is 28.2 Å². The minimum Gasteiger partial charge on any atom is -0.456 e. The number of aliphatic hydroxyl groups excluding tert-OH is 2. The summed E-state index contributed by atoms with van der Waals surface area (Å²) in [4.78, 5) is 13.5. The average Bonchev–Trinajstić information content (AvgIpc) is 2.82. The number of hydrogen-bond acceptors (Lipinski definition) is 5. The SMILES string of the molecule is NC(CO)(CO)CCc1ccc2oc3ccccc3c(=O)c2c1-c1ccccc1C(F)(F)F. The highest BCUT2D eigenvalue weighted by atomic mass is 19.4. The predicted octanol–water partition coefficient (Wildman–Crippen LogP) is 4.25. The maximum atomic E-state index is 13.9. The fraction of sp³-hybridized carbons (Fsp3) is 0.240. The molecule has 4 aromatic rings. The summed E-state index contributed by atoms with van der Waals surface area (Å²) in [6.07, 6.45) is -4.44. The van der Waals surface area contributed by atoms with E-state index in [1.54, 1.807) is 36.4 Å². The number of halogens is 3. The smallest absolute Gasteiger partial charge is 0.417 e. The Morgan fingerprint density at radius 1 is 0.879 bits per heavy atom. The zero-order valence-corrected chi connectivity index (χ0v) is 17.5. The lowest BCUT2D eigenvalue weighted by molar-refractivity contribution is -0.137. The van der Waals surface area contributed by atoms with Gasteiger partial charge in [-0.3, -0.25) is 4.79 Å². The van der Waals surface area contributed by atoms with Crippen molar-refractivity contribution in [1.82, 2.24) is 0 Å². The normalized spacial score (nSPS) is 12.5. The van der Waals surface area contributed by atoms with Gasteiger partial charge in [0.25, 0.3) is 0 Å². The first-order valence-electron chi connectivity index (χ1n) is 10.3. The number of benzene rings is 3. The molecule has 0 fully saturated rings. The second-order valence-corrected chi connectivity index (χ2v) is 8.12. The summed E-state index contributed by atoms with van der Waals surface area (Å²) in [5.74, 6) is 0. The summed E-state index contributed by atoms with van der Waals surface area (Å²) < 4.78 is 47.6. The molecule has 0 unspecified atom stereocenters. The van der Waals surface area contributed by atoms with Crippen molar-refractivity contribution in [2.45, 2.75) is 24.6 Å². The van der Waals surface area contributed by atoms with Gasteiger partial charge < -0.3 is 20.4 Å². The molecule has 0 aliphatic rings. The number of aliphatic hydroxyl groups is 2. The van der Waals surface area contributed by atoms with Crippen molar-refractivity contribution < 1.29 is 27.8 Å². The maximum Gasteiger partial charge on any atom is 0.417 e. The second kappa shape index (κ2) is 8.62. The monoisotopic (exact) mass is 457 g/mol. The van der Waals surface area contributed by atoms with E-state index in [1.807, 2.05) is 0 Å². The number of aryl methyl sites for hydroxylation is 1. The summed E-state index contributed by atoms with van der Waals surface area (Å²) in [6, 6.07) is 14.8. The zero-order valence-electron chi connectivity index (χ0n) is 17.5. The topological polar surface area (TPSA) is 96.7 Å². The van der Waals surface area contributed by atoms with E-state index in [2.05, 4.69) is 0 Å². The molecule has 172 valence electrons. The minimum atomic E-state index is -4.65. The molecule has 33 heavy (non-hydrogen) atoms. The minimum absolute atomic E-state index is 0.0403. The Balaban J connectivity index is 2.06. The second-order valence-electron chi connectivity index (χ2n) is 8.12. The van der Waals surface area contributed by atoms with Crippen LogP contribution in [0.1, 0.15) is 17.5 Å². The Labute approximate surface area is 186 Å². The summed E-state index contributed by atoms with van der Waals surface area (Å²) >= 11 is 0. The van der Waals surface area contributed by atoms with Crippen molar-refractivity contribution >= 4 is 21.9 Å². The number of hydrogen-bond donors (Lipinski definition) is 3. The van der Waals surface area contributed by atoms with Crippen molar-refractivity contribution in [2.24, 2.45) is 5.73 Å². The van der Waals surface area contributed by atoms with Crippen LogP contribution in [0.3, 0.4) is 0 Å². The molecule has 0 saturated heterocycles. The van der Waals surface area contributed by atoms with Gasteiger partial charge in [-0.1, -0.05) is 36.4 Å². The number of para-hydroxylation sites is 1. The van der Waals surface area contributed by atoms with E-state index >= 15 is 0 Å². The summed E-state index contributed by atoms with van der Waals surface area (Å²) in [6.45, 7) is -1.00. The summed E-state index contributed by atoms with van der Waals surface area (Å²) in [5.41, 5.74) is 4.24. The molecule has 0 aliphatic carbocycles. The van der Waals surface area contributed by atoms with Gasteiger partial charge in [0.1, 0.15) is 11.2 Å². The molecule has 8 heteroatoms. The largest absolute Gasteiger partial charge is 0.456 e. The Morgan fingerprint density at radius 3 is 2.24 bits per heavy atom. The summed E-state index contributed by atoms with van der Waals surface area (Å²) in [5, 5.41) is 19.4. The summed E-state index contributed by atoms with van der Waals surface area (Å²) in [7, 11) is 0. The van der Waals surface area contributed by atoms with Crippen LogP contribution >= 0.6 is 0 Å². The van der Waals surface area contributed by atoms with Crippen LogP contribution in [0, 0.1) is 0 Å². The zero-order chi connectivity index (χ0) is 23.8. The molecule has 4 rings (SSSR count). The van der Waals surface area contributed by atoms with E-state index in [0.717, 1.165) is 6.07 Å². The number of nitrogens with two attached hydrogens (primary N) is 1. The molecule has 0 radical (unpaired) electrons. The molecule has 0 atom stereocenters. The molecule has 0 saturated carbocycles. The van der Waals surface area contributed by atoms with Gasteiger partial charge in [-0.2, -0.15) is 13.2 Å². The highest BCUT2D eigenvalue weighted by Gasteiger charge is 2.35. The molecule has 0 bridgehead atoms. The molecule has 4 N–H and O–H groups in total. The van der Waals surface area contributed by atoms with Gasteiger partial charge in [0.15, 0.2) is 0 Å². The van der Waals surface area contributed by atoms with Crippen LogP contribution in [0.4, 0.5) is 13.2 Å². The van der Waals surface area contributed by atoms with Crippen molar-refractivity contribution in [3.8, 4) is 11.1 Å². The fourth-order valence-corrected chi connectivity index (χ4v) is 3.99. The van der Waals surface area contributed by atoms with E-state index in [-0.39, 0.29) is 40.3 Å². The lowest BCUT2D eigenvalue weighted by Gasteiger charge is -2.25. The van der Waals surface area contributed by atoms with Crippen LogP contribution < -0.4 is 11.2 Å². The van der Waals surface area contributed by atoms with E-state index in [4.69, 9.17) is 10.2 Å². The number of rotatable bonds is 6. The molecular weight excluding hydrogens is 435 g/mol. The highest BCUT2D eigenvalue weighted by molar-refractivity contribution is 6.01. The van der Waals surface area contributed by atoms with Crippen molar-refractivity contribution in [3.63, 3.8) is 0 Å². The van der Waals surface area contributed by atoms with Crippen LogP contribution in [0.5, 0.6) is 0 Å². The van der Waals surface area contributed by atoms with Crippen LogP contribution in [-0.4, -0.2) is 29.0 Å². The van der Waals surface area contributed by atoms with Crippen molar-refractivity contribution in [2.75, 3.05) is 13.2 Å². The van der Waals surface area contributed by atoms with Gasteiger partial charge in [-0.25, -0.2) is 0 Å². The molecule has 0 amide bonds. The van der Waals surface area contributed by atoms with Crippen LogP contribution in [0.15, 0.2) is 69.9 Å². The Hall–Kier alpha value is -3.20. The van der Waals surface area contributed by atoms with Gasteiger partial charge in [0.2, 0.25) is 5.43 Å². The maximum absolute atomic E-state index is 13.9. The first-order valence-corrected chi connectivity index (χ1v) is 10.3. The Bertz CT molecular complexity index is 1370. The average molecular weight is 457 g/mol. The van der Waals surface area contributed by atoms with Gasteiger partial charge in [-0.15, -0.1) is 0 Å². The van der Waals surface area contributed by atoms with Gasteiger partial charge in [0, 0.05) is 5.56 Å². The first-order chi connectivity index (χ1) is 15.7. The first kappa shape index (κ1) is 23.0. The molecule has 1 aromatic heterocycles. The lowest BCUT2D eigenvalue weighted by atomic mass is 9.86. The number of alkyl halides is 3. The van der Waals surface area contributed by atoms with Crippen molar-refractivity contribution in [3.05, 3.63) is 82.0 Å². The predicted molar refractivity (Wildman–Crippen MR) is 120 cm³/mol. The van der Waals surface area contributed by atoms with Crippen LogP contribution in [0.2, 0.25) is 0 Å². The molecule has 3 aromatic carbocycles. The standard InChI is InChI=1S/C25H22F3NO4/c26-25(27,28)18-7-3-1-5-16(18)21-15(11-12-24(29,13-30)14-31)9-10-20-22(21)23(32)17-6-2-4-8-19(17)33-20/h1-10,30-31H,11-14,29H2. The van der Waals surface area contributed by atoms with E-state index < -0.39 is 35.9 Å². The van der Waals surface area contributed by atoms with E-state index in [0.29, 0.717) is 11.1 Å². The quantitative estimate of drug-likeness (QED) is 0.376. The third-order valence-electron chi connectivity index (χ3n) is 5.86. The molecule has 0 spiro atoms. The Morgan fingerprint density at radius 2 is 1.55 bits per heavy atom. The Kier molecular flexibility index (Phi) is 6.00. The van der Waals surface area contributed by atoms with Gasteiger partial charge >= 0.3 is 6.18 Å². The third-order valence-corrected chi connectivity index (χ3v) is 5.86. The molecule has 1 heterocycles. The fourth-order valence-electron chi connectivity index (χ4n) is 3.99. The third kappa shape index (κ3) is 4.25. The van der Waals surface area contributed by atoms with Crippen molar-refractivity contribution in [1.29, 1.82) is 0 Å². The van der Waals surface area contributed by atoms with E-state index in [1.165, 1.54) is 18.2 Å². The molecular formula is C25H22F3NO4. The molecule has 0 aliphatic heterocycles. The highest BCUT2D eigenvalue weighted by Crippen LogP contribution is 2.41. The lowest BCUT2D eigenvalue weighted by Crippen LogP contribution is -2.47. The van der Waals surface area contributed by atoms with Crippen LogP contribution in [0.25, 0.3) is 33.1 Å². The number of fused-ring (bicyclic) bond motifs is 2. The van der Waals surface area contributed by atoms with Crippen LogP contribution in [-0.2, 0) is 12.6 Å².